The van der Waals surface area contributed by atoms with Crippen molar-refractivity contribution >= 4 is 63.8 Å². The summed E-state index contributed by atoms with van der Waals surface area (Å²) >= 11 is 15.3. The number of rotatable bonds is 9. The van der Waals surface area contributed by atoms with Crippen molar-refractivity contribution in [2.75, 3.05) is 0 Å². The predicted octanol–water partition coefficient (Wildman–Crippen LogP) is 10.0. The van der Waals surface area contributed by atoms with Gasteiger partial charge in [0.1, 0.15) is 20.2 Å². The summed E-state index contributed by atoms with van der Waals surface area (Å²) in [7, 11) is 0. The van der Waals surface area contributed by atoms with Gasteiger partial charge in [-0.25, -0.2) is 0 Å². The van der Waals surface area contributed by atoms with Gasteiger partial charge in [-0.3, -0.25) is 0 Å². The molecule has 0 saturated heterocycles. The zero-order chi connectivity index (χ0) is 44.9. The second kappa shape index (κ2) is 20.2. The van der Waals surface area contributed by atoms with E-state index in [-0.39, 0.29) is 62.7 Å². The van der Waals surface area contributed by atoms with Crippen LogP contribution in [0, 0.1) is 0 Å². The molecular formula is C30H18Cl3F9N6O9P4. The van der Waals surface area contributed by atoms with Crippen molar-refractivity contribution in [3.63, 3.8) is 0 Å². The molecular weight excluding hydrogens is 990 g/mol. The van der Waals surface area contributed by atoms with Crippen LogP contribution in [-0.4, -0.2) is 30.6 Å². The summed E-state index contributed by atoms with van der Waals surface area (Å²) in [6.07, 6.45) is -15.2. The molecule has 0 aliphatic heterocycles. The van der Waals surface area contributed by atoms with Crippen LogP contribution in [0.3, 0.4) is 0 Å². The normalized spacial score (nSPS) is 14.8. The van der Waals surface area contributed by atoms with Gasteiger partial charge in [-0.2, -0.15) is 39.5 Å². The van der Waals surface area contributed by atoms with Gasteiger partial charge >= 0.3 is 46.1 Å². The molecule has 0 amide bonds. The van der Waals surface area contributed by atoms with E-state index in [0.717, 1.165) is 0 Å². The molecule has 3 aromatic heterocycles. The monoisotopic (exact) mass is 1010 g/mol. The Morgan fingerprint density at radius 3 is 0.770 bits per heavy atom. The first-order valence-electron chi connectivity index (χ1n) is 15.4. The molecule has 0 spiro atoms. The van der Waals surface area contributed by atoms with E-state index in [2.05, 4.69) is 43.8 Å². The fraction of sp³-hybridized carbons (Fsp3) is 0.200. The SMILES string of the molecule is O=P([O-])(Cl)Cc1ccc(-c2nnc(C(F)(F)F)o2)cc1.O=P([O-])(Cl)Cc1ccc(-c2nnc(C(F)(F)F)o2)cc1.O=P([O-])(Cl)Cc1ccc(-c2nnc(C(F)(F)F)o2)cc1.[P+3]. The molecule has 0 aliphatic carbocycles. The number of benzene rings is 3. The fourth-order valence-corrected chi connectivity index (χ4v) is 7.46. The maximum Gasteiger partial charge on any atom is 3.00 e. The summed E-state index contributed by atoms with van der Waals surface area (Å²) < 4.78 is 157. The van der Waals surface area contributed by atoms with Gasteiger partial charge in [-0.15, -0.1) is 30.6 Å². The summed E-state index contributed by atoms with van der Waals surface area (Å²) in [5.74, 6) is -5.25. The Hall–Kier alpha value is -3.68. The molecule has 2 radical (unpaired) electrons. The van der Waals surface area contributed by atoms with Gasteiger partial charge < -0.3 is 41.6 Å². The molecule has 326 valence electrons. The fourth-order valence-electron chi connectivity index (χ4n) is 4.28. The van der Waals surface area contributed by atoms with Crippen molar-refractivity contribution in [3.05, 3.63) is 107 Å². The molecule has 15 nitrogen and oxygen atoms in total. The van der Waals surface area contributed by atoms with Gasteiger partial charge in [-0.1, -0.05) is 70.1 Å². The smallest absolute Gasteiger partial charge is 0.788 e. The molecule has 0 N–H and O–H groups in total. The minimum absolute atomic E-state index is 0. The van der Waals surface area contributed by atoms with Crippen LogP contribution in [0.25, 0.3) is 34.4 Å². The quantitative estimate of drug-likeness (QED) is 0.0967. The van der Waals surface area contributed by atoms with Crippen LogP contribution in [0.15, 0.2) is 86.0 Å². The van der Waals surface area contributed by atoms with Gasteiger partial charge in [-0.05, 0) is 53.1 Å². The molecule has 6 rings (SSSR count). The van der Waals surface area contributed by atoms with E-state index in [4.69, 9.17) is 33.7 Å². The van der Waals surface area contributed by atoms with Crippen molar-refractivity contribution in [1.29, 1.82) is 0 Å². The Morgan fingerprint density at radius 2 is 0.623 bits per heavy atom. The molecule has 3 atom stereocenters. The minimum Gasteiger partial charge on any atom is -0.788 e. The average molecular weight is 1010 g/mol. The average Bonchev–Trinajstić information content (AvgIpc) is 3.89. The number of aromatic nitrogens is 6. The number of hydrogen-bond acceptors (Lipinski definition) is 15. The van der Waals surface area contributed by atoms with Crippen molar-refractivity contribution in [1.82, 2.24) is 30.6 Å². The van der Waals surface area contributed by atoms with E-state index < -0.39 is 56.4 Å². The Labute approximate surface area is 353 Å². The zero-order valence-corrected chi connectivity index (χ0v) is 35.1. The van der Waals surface area contributed by atoms with Crippen molar-refractivity contribution in [2.45, 2.75) is 37.0 Å². The summed E-state index contributed by atoms with van der Waals surface area (Å²) in [6.45, 7) is -11.9. The first kappa shape index (κ1) is 51.7. The molecule has 3 heterocycles. The van der Waals surface area contributed by atoms with E-state index >= 15 is 0 Å². The molecule has 0 fully saturated rings. The van der Waals surface area contributed by atoms with Gasteiger partial charge in [0, 0.05) is 35.2 Å². The Bertz CT molecular complexity index is 2230. The zero-order valence-electron chi connectivity index (χ0n) is 29.2. The number of halogens is 12. The first-order valence-corrected chi connectivity index (χ1v) is 23.6. The molecule has 6 aromatic rings. The van der Waals surface area contributed by atoms with Gasteiger partial charge in [0.2, 0.25) is 17.7 Å². The Morgan fingerprint density at radius 1 is 0.426 bits per heavy atom. The van der Waals surface area contributed by atoms with E-state index in [1.807, 2.05) is 0 Å². The molecule has 0 aliphatic rings. The maximum absolute atomic E-state index is 12.3. The number of alkyl halides is 9. The molecule has 3 unspecified atom stereocenters. The summed E-state index contributed by atoms with van der Waals surface area (Å²) in [6, 6.07) is 16.6. The Balaban J connectivity index is 0.000000242. The van der Waals surface area contributed by atoms with Crippen LogP contribution in [0.2, 0.25) is 0 Å². The van der Waals surface area contributed by atoms with Crippen LogP contribution in [0.5, 0.6) is 0 Å². The molecule has 31 heteroatoms. The molecule has 0 bridgehead atoms. The van der Waals surface area contributed by atoms with Crippen LogP contribution in [0.1, 0.15) is 34.4 Å². The minimum atomic E-state index is -4.71. The first-order chi connectivity index (χ1) is 27.4. The standard InChI is InChI=1S/3C10H7ClF3N2O3P.P/c3*11-20(17,18)5-6-1-3-7(4-2-6)8-15-16-9(19-8)10(12,13)14;/h3*1-4H,5H2,(H,17,18);/q;;;+3/p-3. The Kier molecular flexibility index (Phi) is 17.1. The van der Waals surface area contributed by atoms with Crippen LogP contribution in [-0.2, 0) is 50.7 Å². The van der Waals surface area contributed by atoms with E-state index in [9.17, 15) is 67.9 Å². The van der Waals surface area contributed by atoms with Crippen LogP contribution < -0.4 is 14.7 Å². The summed E-state index contributed by atoms with van der Waals surface area (Å²) in [4.78, 5) is 32.7. The van der Waals surface area contributed by atoms with E-state index in [1.54, 1.807) is 0 Å². The second-order valence-electron chi connectivity index (χ2n) is 11.6. The second-order valence-corrected chi connectivity index (χ2v) is 20.7. The molecule has 0 saturated carbocycles. The van der Waals surface area contributed by atoms with Crippen molar-refractivity contribution in [2.24, 2.45) is 0 Å². The van der Waals surface area contributed by atoms with Crippen molar-refractivity contribution < 1.29 is 81.1 Å². The number of hydrogen-bond donors (Lipinski definition) is 0. The topological polar surface area (TPSA) is 237 Å². The molecule has 3 aromatic carbocycles. The van der Waals surface area contributed by atoms with E-state index in [1.165, 1.54) is 72.8 Å². The third-order valence-electron chi connectivity index (χ3n) is 6.72. The summed E-state index contributed by atoms with van der Waals surface area (Å²) in [5, 5.41) is 18.5. The maximum atomic E-state index is 12.3. The van der Waals surface area contributed by atoms with E-state index in [0.29, 0.717) is 16.7 Å². The predicted molar refractivity (Wildman–Crippen MR) is 193 cm³/mol. The summed E-state index contributed by atoms with van der Waals surface area (Å²) in [5.41, 5.74) is 1.93. The largest absolute Gasteiger partial charge is 3.00 e. The third kappa shape index (κ3) is 17.2. The molecule has 61 heavy (non-hydrogen) atoms. The van der Waals surface area contributed by atoms with Crippen LogP contribution in [0.4, 0.5) is 39.5 Å². The third-order valence-corrected chi connectivity index (χ3v) is 10.0. The number of nitrogens with zero attached hydrogens (tertiary/aromatic N) is 6. The van der Waals surface area contributed by atoms with Gasteiger partial charge in [0.25, 0.3) is 0 Å². The van der Waals surface area contributed by atoms with Crippen LogP contribution >= 0.6 is 63.8 Å². The van der Waals surface area contributed by atoms with Gasteiger partial charge in [0.15, 0.2) is 0 Å². The van der Waals surface area contributed by atoms with Gasteiger partial charge in [0.05, 0.1) is 0 Å². The van der Waals surface area contributed by atoms with Crippen molar-refractivity contribution in [3.8, 4) is 34.4 Å².